The molecule has 0 N–H and O–H groups in total. The minimum absolute atomic E-state index is 0.236. The molecule has 0 aromatic carbocycles. The predicted octanol–water partition coefficient (Wildman–Crippen LogP) is 1.66. The maximum absolute atomic E-state index is 6.01. The van der Waals surface area contributed by atoms with E-state index in [1.807, 2.05) is 42.1 Å². The van der Waals surface area contributed by atoms with E-state index in [1.165, 1.54) is 0 Å². The second-order valence-electron chi connectivity index (χ2n) is 6.29. The van der Waals surface area contributed by atoms with E-state index in [9.17, 15) is 0 Å². The van der Waals surface area contributed by atoms with Gasteiger partial charge in [0.25, 0.3) is 0 Å². The molecule has 24 heavy (non-hydrogen) atoms. The Labute approximate surface area is 143 Å². The second kappa shape index (κ2) is 5.34. The zero-order chi connectivity index (χ0) is 16.0. The van der Waals surface area contributed by atoms with Crippen molar-refractivity contribution in [3.8, 4) is 5.88 Å². The lowest BCUT2D eigenvalue weighted by atomic mass is 9.93. The van der Waals surface area contributed by atoms with Gasteiger partial charge < -0.3 is 9.64 Å². The number of nitrogens with zero attached hydrogens (tertiary/aromatic N) is 6. The van der Waals surface area contributed by atoms with Gasteiger partial charge in [0.2, 0.25) is 5.88 Å². The van der Waals surface area contributed by atoms with E-state index >= 15 is 0 Å². The Morgan fingerprint density at radius 2 is 2.17 bits per heavy atom. The van der Waals surface area contributed by atoms with Crippen molar-refractivity contribution >= 4 is 23.2 Å². The number of thioether (sulfide) groups is 1. The fraction of sp³-hybridized carbons (Fsp3) is 0.375. The molecule has 1 atom stereocenters. The first kappa shape index (κ1) is 14.0. The summed E-state index contributed by atoms with van der Waals surface area (Å²) in [6.07, 6.45) is 4.69. The molecule has 0 bridgehead atoms. The van der Waals surface area contributed by atoms with E-state index in [1.54, 1.807) is 17.0 Å². The minimum Gasteiger partial charge on any atom is -0.473 e. The van der Waals surface area contributed by atoms with Crippen LogP contribution < -0.4 is 9.64 Å². The van der Waals surface area contributed by atoms with Gasteiger partial charge >= 0.3 is 0 Å². The van der Waals surface area contributed by atoms with Gasteiger partial charge in [-0.05, 0) is 18.2 Å². The normalized spacial score (nSPS) is 22.0. The van der Waals surface area contributed by atoms with Crippen LogP contribution in [0.5, 0.6) is 5.88 Å². The van der Waals surface area contributed by atoms with Gasteiger partial charge in [0, 0.05) is 37.5 Å². The van der Waals surface area contributed by atoms with Crippen molar-refractivity contribution in [2.75, 3.05) is 23.7 Å². The number of anilines is 1. The molecule has 0 saturated carbocycles. The highest BCUT2D eigenvalue weighted by Gasteiger charge is 2.50. The fourth-order valence-electron chi connectivity index (χ4n) is 3.38. The SMILES string of the molecule is c1ccc(OC2CSC3(C2)CN(c2ccc4nncn4n2)C3)nc1. The molecule has 2 saturated heterocycles. The Morgan fingerprint density at radius 1 is 1.21 bits per heavy atom. The summed E-state index contributed by atoms with van der Waals surface area (Å²) < 4.78 is 8.01. The van der Waals surface area contributed by atoms with Crippen LogP contribution in [0.4, 0.5) is 5.82 Å². The molecular formula is C16H16N6OS. The predicted molar refractivity (Wildman–Crippen MR) is 91.5 cm³/mol. The molecular weight excluding hydrogens is 324 g/mol. The van der Waals surface area contributed by atoms with Crippen molar-refractivity contribution in [2.45, 2.75) is 17.3 Å². The van der Waals surface area contributed by atoms with E-state index in [0.717, 1.165) is 42.6 Å². The van der Waals surface area contributed by atoms with Gasteiger partial charge in [-0.2, -0.15) is 4.52 Å². The summed E-state index contributed by atoms with van der Waals surface area (Å²) in [5.74, 6) is 2.71. The highest BCUT2D eigenvalue weighted by atomic mass is 32.2. The van der Waals surface area contributed by atoms with E-state index in [4.69, 9.17) is 4.74 Å². The van der Waals surface area contributed by atoms with Crippen molar-refractivity contribution in [1.82, 2.24) is 24.8 Å². The summed E-state index contributed by atoms with van der Waals surface area (Å²) in [5.41, 5.74) is 0.771. The summed E-state index contributed by atoms with van der Waals surface area (Å²) >= 11 is 2.01. The zero-order valence-electron chi connectivity index (χ0n) is 12.9. The third-order valence-corrected chi connectivity index (χ3v) is 6.11. The standard InChI is InChI=1S/C16H16N6OS/c1-2-6-17-15(3-1)23-12-7-16(24-8-12)9-21(10-16)14-5-4-13-19-18-11-22(13)20-14/h1-6,11-12H,7-10H2. The molecule has 7 nitrogen and oxygen atoms in total. The van der Waals surface area contributed by atoms with Gasteiger partial charge in [0.1, 0.15) is 18.2 Å². The number of rotatable bonds is 3. The summed E-state index contributed by atoms with van der Waals surface area (Å²) in [5, 5.41) is 12.4. The third-order valence-electron chi connectivity index (χ3n) is 4.53. The van der Waals surface area contributed by atoms with Crippen LogP contribution in [-0.2, 0) is 0 Å². The topological polar surface area (TPSA) is 68.4 Å². The summed E-state index contributed by atoms with van der Waals surface area (Å²) in [6, 6.07) is 9.74. The smallest absolute Gasteiger partial charge is 0.213 e. The molecule has 2 aliphatic rings. The van der Waals surface area contributed by atoms with Crippen LogP contribution in [0, 0.1) is 0 Å². The molecule has 2 aliphatic heterocycles. The molecule has 2 fully saturated rings. The lowest BCUT2D eigenvalue weighted by Gasteiger charge is -2.47. The Bertz CT molecular complexity index is 863. The molecule has 3 aromatic heterocycles. The summed E-state index contributed by atoms with van der Waals surface area (Å²) in [4.78, 5) is 6.55. The Balaban J connectivity index is 1.24. The first-order valence-corrected chi connectivity index (χ1v) is 8.92. The first-order valence-electron chi connectivity index (χ1n) is 7.93. The molecule has 0 amide bonds. The number of pyridine rings is 1. The maximum Gasteiger partial charge on any atom is 0.213 e. The zero-order valence-corrected chi connectivity index (χ0v) is 13.8. The van der Waals surface area contributed by atoms with E-state index in [2.05, 4.69) is 25.2 Å². The molecule has 122 valence electrons. The molecule has 3 aromatic rings. The van der Waals surface area contributed by atoms with E-state index in [-0.39, 0.29) is 10.9 Å². The van der Waals surface area contributed by atoms with Gasteiger partial charge in [-0.15, -0.1) is 27.1 Å². The third kappa shape index (κ3) is 2.37. The van der Waals surface area contributed by atoms with Crippen molar-refractivity contribution in [2.24, 2.45) is 0 Å². The number of hydrogen-bond donors (Lipinski definition) is 0. The average molecular weight is 340 g/mol. The van der Waals surface area contributed by atoms with Gasteiger partial charge in [-0.3, -0.25) is 0 Å². The quantitative estimate of drug-likeness (QED) is 0.718. The van der Waals surface area contributed by atoms with Crippen molar-refractivity contribution in [3.63, 3.8) is 0 Å². The van der Waals surface area contributed by atoms with Crippen LogP contribution in [0.25, 0.3) is 5.65 Å². The lowest BCUT2D eigenvalue weighted by Crippen LogP contribution is -2.59. The van der Waals surface area contributed by atoms with Crippen LogP contribution in [0.3, 0.4) is 0 Å². The molecule has 5 heterocycles. The number of hydrogen-bond acceptors (Lipinski definition) is 7. The summed E-state index contributed by atoms with van der Waals surface area (Å²) in [6.45, 7) is 2.00. The molecule has 5 rings (SSSR count). The summed E-state index contributed by atoms with van der Waals surface area (Å²) in [7, 11) is 0. The van der Waals surface area contributed by atoms with Crippen LogP contribution >= 0.6 is 11.8 Å². The highest BCUT2D eigenvalue weighted by molar-refractivity contribution is 8.01. The maximum atomic E-state index is 6.01. The molecule has 1 unspecified atom stereocenters. The van der Waals surface area contributed by atoms with Gasteiger partial charge in [0.15, 0.2) is 5.65 Å². The van der Waals surface area contributed by atoms with Gasteiger partial charge in [-0.1, -0.05) is 6.07 Å². The fourth-order valence-corrected chi connectivity index (χ4v) is 4.91. The Hall–Kier alpha value is -2.35. The van der Waals surface area contributed by atoms with E-state index in [0.29, 0.717) is 0 Å². The number of fused-ring (bicyclic) bond motifs is 1. The number of aromatic nitrogens is 5. The number of ether oxygens (including phenoxy) is 1. The molecule has 8 heteroatoms. The van der Waals surface area contributed by atoms with Crippen LogP contribution in [0.1, 0.15) is 6.42 Å². The van der Waals surface area contributed by atoms with Crippen LogP contribution in [-0.4, -0.2) is 54.5 Å². The van der Waals surface area contributed by atoms with E-state index < -0.39 is 0 Å². The molecule has 1 spiro atoms. The Morgan fingerprint density at radius 3 is 3.04 bits per heavy atom. The second-order valence-corrected chi connectivity index (χ2v) is 7.78. The highest BCUT2D eigenvalue weighted by Crippen LogP contribution is 2.46. The average Bonchev–Trinajstić information content (AvgIpc) is 3.20. The Kier molecular flexibility index (Phi) is 3.12. The monoisotopic (exact) mass is 340 g/mol. The van der Waals surface area contributed by atoms with Crippen molar-refractivity contribution < 1.29 is 4.74 Å². The van der Waals surface area contributed by atoms with Crippen LogP contribution in [0.2, 0.25) is 0 Å². The van der Waals surface area contributed by atoms with Gasteiger partial charge in [0.05, 0.1) is 4.75 Å². The molecule has 0 radical (unpaired) electrons. The molecule has 0 aliphatic carbocycles. The van der Waals surface area contributed by atoms with Crippen molar-refractivity contribution in [1.29, 1.82) is 0 Å². The van der Waals surface area contributed by atoms with Gasteiger partial charge in [-0.25, -0.2) is 4.98 Å². The lowest BCUT2D eigenvalue weighted by molar-refractivity contribution is 0.194. The first-order chi connectivity index (χ1) is 11.8. The minimum atomic E-state index is 0.236. The van der Waals surface area contributed by atoms with Crippen LogP contribution in [0.15, 0.2) is 42.9 Å². The van der Waals surface area contributed by atoms with Crippen molar-refractivity contribution in [3.05, 3.63) is 42.9 Å². The largest absolute Gasteiger partial charge is 0.473 e.